The molecular formula is C30H30Cl2S2SiZr. The van der Waals surface area contributed by atoms with E-state index in [-0.39, 0.29) is 0 Å². The summed E-state index contributed by atoms with van der Waals surface area (Å²) < 4.78 is 5.91. The van der Waals surface area contributed by atoms with Gasteiger partial charge in [-0.2, -0.15) is 0 Å². The molecule has 0 spiro atoms. The van der Waals surface area contributed by atoms with Crippen molar-refractivity contribution in [2.75, 3.05) is 0 Å². The summed E-state index contributed by atoms with van der Waals surface area (Å²) in [7, 11) is 7.85. The number of thiophene rings is 2. The predicted molar refractivity (Wildman–Crippen MR) is 166 cm³/mol. The minimum absolute atomic E-state index is 0.826. The van der Waals surface area contributed by atoms with Crippen molar-refractivity contribution in [2.45, 2.75) is 53.6 Å². The van der Waals surface area contributed by atoms with Crippen LogP contribution >= 0.6 is 39.7 Å². The van der Waals surface area contributed by atoms with Gasteiger partial charge >= 0.3 is 37.9 Å². The third-order valence-electron chi connectivity index (χ3n) is 8.41. The molecule has 0 aliphatic carbocycles. The Balaban J connectivity index is 0.000000848. The molecule has 0 bridgehead atoms. The fourth-order valence-corrected chi connectivity index (χ4v) is 14.7. The zero-order valence-electron chi connectivity index (χ0n) is 21.6. The first-order valence-corrected chi connectivity index (χ1v) is 22.8. The van der Waals surface area contributed by atoms with Gasteiger partial charge in [0.1, 0.15) is 0 Å². The van der Waals surface area contributed by atoms with E-state index in [0.717, 1.165) is 0 Å². The number of halogens is 2. The Morgan fingerprint density at radius 2 is 1.06 bits per heavy atom. The first-order chi connectivity index (χ1) is 17.4. The zero-order valence-corrected chi connectivity index (χ0v) is 28.2. The van der Waals surface area contributed by atoms with Crippen molar-refractivity contribution in [3.8, 4) is 0 Å². The Hall–Kier alpha value is -0.740. The molecule has 4 aromatic carbocycles. The zero-order chi connectivity index (χ0) is 25.8. The van der Waals surface area contributed by atoms with Gasteiger partial charge in [-0.05, 0) is 9.40 Å². The average Bonchev–Trinajstić information content (AvgIpc) is 3.58. The van der Waals surface area contributed by atoms with E-state index >= 15 is 0 Å². The Bertz CT molecular complexity index is 1590. The molecule has 0 unspecified atom stereocenters. The molecule has 0 N–H and O–H groups in total. The van der Waals surface area contributed by atoms with Gasteiger partial charge in [0, 0.05) is 8.07 Å². The van der Waals surface area contributed by atoms with Crippen molar-refractivity contribution in [1.82, 2.24) is 0 Å². The van der Waals surface area contributed by atoms with Crippen molar-refractivity contribution >= 4 is 98.5 Å². The molecular weight excluding hydrogens is 615 g/mol. The minimum atomic E-state index is -2.02. The van der Waals surface area contributed by atoms with Gasteiger partial charge < -0.3 is 0 Å². The van der Waals surface area contributed by atoms with E-state index in [1.165, 1.54) is 52.8 Å². The number of hydrogen-bond donors (Lipinski definition) is 0. The monoisotopic (exact) mass is 642 g/mol. The molecule has 0 fully saturated rings. The quantitative estimate of drug-likeness (QED) is 0.132. The molecule has 2 aromatic heterocycles. The molecule has 2 heterocycles. The summed E-state index contributed by atoms with van der Waals surface area (Å²) in [6.07, 6.45) is 0. The van der Waals surface area contributed by atoms with Crippen LogP contribution in [0.3, 0.4) is 0 Å². The molecule has 6 heteroatoms. The summed E-state index contributed by atoms with van der Waals surface area (Å²) in [5.74, 6) is 0. The molecule has 184 valence electrons. The van der Waals surface area contributed by atoms with Crippen LogP contribution < -0.4 is 10.4 Å². The molecule has 0 nitrogen and oxygen atoms in total. The molecule has 0 saturated carbocycles. The van der Waals surface area contributed by atoms with Crippen LogP contribution in [0.5, 0.6) is 0 Å². The van der Waals surface area contributed by atoms with E-state index in [4.69, 9.17) is 17.0 Å². The number of rotatable bonds is 4. The normalized spacial score (nSPS) is 12.0. The van der Waals surface area contributed by atoms with Crippen LogP contribution in [0.4, 0.5) is 0 Å². The van der Waals surface area contributed by atoms with Crippen molar-refractivity contribution in [3.63, 3.8) is 0 Å². The van der Waals surface area contributed by atoms with Crippen molar-refractivity contribution < 1.29 is 20.8 Å². The Labute approximate surface area is 241 Å². The van der Waals surface area contributed by atoms with Crippen molar-refractivity contribution in [3.05, 3.63) is 70.8 Å². The molecule has 0 aliphatic rings. The van der Waals surface area contributed by atoms with Crippen LogP contribution in [-0.2, 0) is 20.8 Å². The summed E-state index contributed by atoms with van der Waals surface area (Å²) in [6.45, 7) is 14.5. The first kappa shape index (κ1) is 26.9. The molecule has 36 heavy (non-hydrogen) atoms. The van der Waals surface area contributed by atoms with Gasteiger partial charge in [0.05, 0.1) is 0 Å². The number of benzene rings is 2. The molecule has 6 rings (SSSR count). The molecule has 0 atom stereocenters. The van der Waals surface area contributed by atoms with Gasteiger partial charge in [-0.15, -0.1) is 43.4 Å². The van der Waals surface area contributed by atoms with Crippen LogP contribution in [0.25, 0.3) is 40.3 Å². The third kappa shape index (κ3) is 3.81. The number of hydrogen-bond acceptors (Lipinski definition) is 2. The fourth-order valence-electron chi connectivity index (χ4n) is 6.48. The van der Waals surface area contributed by atoms with E-state index in [1.54, 1.807) is 32.3 Å². The number of aryl methyl sites for hydroxylation is 2. The first-order valence-electron chi connectivity index (χ1n) is 12.5. The summed E-state index contributed by atoms with van der Waals surface area (Å²) in [5.41, 5.74) is 6.13. The van der Waals surface area contributed by atoms with Crippen LogP contribution in [0.15, 0.2) is 48.5 Å². The van der Waals surface area contributed by atoms with E-state index < -0.39 is 28.9 Å². The van der Waals surface area contributed by atoms with E-state index in [2.05, 4.69) is 90.1 Å². The van der Waals surface area contributed by atoms with Crippen LogP contribution in [0.1, 0.15) is 36.1 Å². The van der Waals surface area contributed by atoms with Crippen molar-refractivity contribution in [1.29, 1.82) is 0 Å². The van der Waals surface area contributed by atoms with Crippen LogP contribution in [-0.4, -0.2) is 8.07 Å². The average molecular weight is 645 g/mol. The Morgan fingerprint density at radius 3 is 1.42 bits per heavy atom. The summed E-state index contributed by atoms with van der Waals surface area (Å²) in [6, 6.07) is 20.7. The Morgan fingerprint density at radius 1 is 0.694 bits per heavy atom. The van der Waals surface area contributed by atoms with Gasteiger partial charge in [-0.25, -0.2) is 22.7 Å². The van der Waals surface area contributed by atoms with E-state index in [9.17, 15) is 0 Å². The topological polar surface area (TPSA) is 0 Å². The van der Waals surface area contributed by atoms with Gasteiger partial charge in [-0.3, -0.25) is 0 Å². The molecule has 0 saturated heterocycles. The van der Waals surface area contributed by atoms with Gasteiger partial charge in [0.25, 0.3) is 0 Å². The summed E-state index contributed by atoms with van der Waals surface area (Å²) in [5, 5.41) is 9.54. The van der Waals surface area contributed by atoms with Gasteiger partial charge in [0.2, 0.25) is 0 Å². The molecule has 0 radical (unpaired) electrons. The van der Waals surface area contributed by atoms with Crippen LogP contribution in [0.2, 0.25) is 12.1 Å². The second-order valence-corrected chi connectivity index (χ2v) is 20.1. The fraction of sp³-hybridized carbons (Fsp3) is 0.267. The molecule has 6 aromatic rings. The van der Waals surface area contributed by atoms with Crippen molar-refractivity contribution in [2.24, 2.45) is 0 Å². The Kier molecular flexibility index (Phi) is 7.78. The SMILES string of the molecule is CC[Si](CC)([c-]1c(C)c(C)c2sc3ccccc3c21)[c-]1c(C)c(C)c2sc3ccccc3c21.[Cl][Zr+2][Cl]. The van der Waals surface area contributed by atoms with Gasteiger partial charge in [-0.1, -0.05) is 122 Å². The summed E-state index contributed by atoms with van der Waals surface area (Å²) >= 11 is 3.17. The predicted octanol–water partition coefficient (Wildman–Crippen LogP) is 10.1. The molecule has 0 amide bonds. The van der Waals surface area contributed by atoms with Crippen LogP contribution in [0, 0.1) is 27.7 Å². The van der Waals surface area contributed by atoms with E-state index in [1.807, 2.05) is 22.7 Å². The maximum absolute atomic E-state index is 4.93. The third-order valence-corrected chi connectivity index (χ3v) is 16.6. The maximum atomic E-state index is 4.93. The number of fused-ring (bicyclic) bond motifs is 6. The van der Waals surface area contributed by atoms with E-state index in [0.29, 0.717) is 0 Å². The second kappa shape index (κ2) is 10.4. The van der Waals surface area contributed by atoms with Gasteiger partial charge in [0.15, 0.2) is 0 Å². The molecule has 0 aliphatic heterocycles. The summed E-state index contributed by atoms with van der Waals surface area (Å²) in [4.78, 5) is 0. The standard InChI is InChI=1S/C30H30S2Si.2ClH.Zr/c1-7-33(8-2,29-19(5)17(3)27-25(29)21-13-9-11-15-23(21)31-27)30-20(6)18(4)28-26(30)22-14-10-12-16-24(22)32-28;;;/h9-16H,7-8H2,1-6H3;2*1H;/q-2;;;+4/p-2. The second-order valence-electron chi connectivity index (χ2n) is 9.72.